The fraction of sp³-hybridized carbons (Fsp3) is 0.381. The molecule has 0 unspecified atom stereocenters. The third-order valence-corrected chi connectivity index (χ3v) is 5.28. The minimum Gasteiger partial charge on any atom is -0.497 e. The Morgan fingerprint density at radius 2 is 1.90 bits per heavy atom. The lowest BCUT2D eigenvalue weighted by Gasteiger charge is -2.30. The molecule has 0 spiro atoms. The number of hydrogen-bond acceptors (Lipinski definition) is 6. The summed E-state index contributed by atoms with van der Waals surface area (Å²) in [6.07, 6.45) is -1.37. The molecule has 0 aromatic heterocycles. The first kappa shape index (κ1) is 19.5. The Hall–Kier alpha value is -2.84. The maximum Gasteiger partial charge on any atom is 0.415 e. The number of anilines is 2. The van der Waals surface area contributed by atoms with Crippen LogP contribution in [0, 0.1) is 5.82 Å². The molecule has 0 saturated carbocycles. The van der Waals surface area contributed by atoms with Crippen molar-refractivity contribution in [2.24, 2.45) is 0 Å². The highest BCUT2D eigenvalue weighted by Crippen LogP contribution is 2.39. The molecule has 2 aliphatic rings. The molecule has 4 rings (SSSR count). The van der Waals surface area contributed by atoms with E-state index < -0.39 is 24.1 Å². The minimum absolute atomic E-state index is 0.340. The zero-order valence-electron chi connectivity index (χ0n) is 16.1. The summed E-state index contributed by atoms with van der Waals surface area (Å²) in [5.41, 5.74) is 1.61. The lowest BCUT2D eigenvalue weighted by molar-refractivity contribution is 0.0829. The van der Waals surface area contributed by atoms with Crippen LogP contribution in [0.15, 0.2) is 42.5 Å². The Balaban J connectivity index is 1.67. The van der Waals surface area contributed by atoms with E-state index in [9.17, 15) is 14.3 Å². The van der Waals surface area contributed by atoms with Crippen LogP contribution in [0.4, 0.5) is 20.6 Å². The molecule has 7 nitrogen and oxygen atoms in total. The van der Waals surface area contributed by atoms with Gasteiger partial charge in [-0.05, 0) is 35.9 Å². The average Bonchev–Trinajstić information content (AvgIpc) is 3.10. The van der Waals surface area contributed by atoms with Crippen LogP contribution in [-0.4, -0.2) is 57.3 Å². The van der Waals surface area contributed by atoms with Gasteiger partial charge in [0.05, 0.1) is 38.3 Å². The average molecular weight is 402 g/mol. The number of aliphatic hydroxyl groups excluding tert-OH is 1. The maximum absolute atomic E-state index is 14.9. The molecule has 1 amide bonds. The summed E-state index contributed by atoms with van der Waals surface area (Å²) in [4.78, 5) is 15.9. The van der Waals surface area contributed by atoms with Crippen molar-refractivity contribution in [3.63, 3.8) is 0 Å². The third kappa shape index (κ3) is 3.73. The molecule has 2 aromatic carbocycles. The largest absolute Gasteiger partial charge is 0.497 e. The van der Waals surface area contributed by atoms with Crippen LogP contribution >= 0.6 is 0 Å². The first-order valence-electron chi connectivity index (χ1n) is 9.49. The first-order chi connectivity index (χ1) is 14.1. The van der Waals surface area contributed by atoms with Crippen molar-refractivity contribution in [2.45, 2.75) is 12.1 Å². The molecule has 2 heterocycles. The molecule has 2 saturated heterocycles. The van der Waals surface area contributed by atoms with Gasteiger partial charge in [0.2, 0.25) is 0 Å². The van der Waals surface area contributed by atoms with E-state index >= 15 is 0 Å². The van der Waals surface area contributed by atoms with E-state index in [1.165, 1.54) is 11.0 Å². The number of halogens is 1. The number of nitrogens with zero attached hydrogens (tertiary/aromatic N) is 2. The van der Waals surface area contributed by atoms with Crippen molar-refractivity contribution in [1.29, 1.82) is 0 Å². The summed E-state index contributed by atoms with van der Waals surface area (Å²) >= 11 is 0. The number of methoxy groups -OCH3 is 1. The Kier molecular flexibility index (Phi) is 5.55. The Morgan fingerprint density at radius 3 is 2.52 bits per heavy atom. The summed E-state index contributed by atoms with van der Waals surface area (Å²) in [6.45, 7) is 1.99. The number of aliphatic hydroxyl groups is 1. The van der Waals surface area contributed by atoms with Gasteiger partial charge >= 0.3 is 6.09 Å². The predicted octanol–water partition coefficient (Wildman–Crippen LogP) is 2.73. The highest BCUT2D eigenvalue weighted by molar-refractivity contribution is 5.91. The van der Waals surface area contributed by atoms with Gasteiger partial charge in [-0.15, -0.1) is 0 Å². The van der Waals surface area contributed by atoms with Crippen LogP contribution in [-0.2, 0) is 9.47 Å². The van der Waals surface area contributed by atoms with E-state index in [0.29, 0.717) is 43.4 Å². The fourth-order valence-corrected chi connectivity index (χ4v) is 3.80. The van der Waals surface area contributed by atoms with Gasteiger partial charge in [-0.25, -0.2) is 9.18 Å². The second-order valence-electron chi connectivity index (χ2n) is 6.93. The number of rotatable bonds is 5. The molecule has 2 atom stereocenters. The van der Waals surface area contributed by atoms with Gasteiger partial charge in [-0.1, -0.05) is 12.1 Å². The molecule has 8 heteroatoms. The molecule has 0 radical (unpaired) electrons. The van der Waals surface area contributed by atoms with Crippen molar-refractivity contribution >= 4 is 17.5 Å². The number of ether oxygens (including phenoxy) is 3. The fourth-order valence-electron chi connectivity index (χ4n) is 3.80. The molecule has 2 aromatic rings. The van der Waals surface area contributed by atoms with Gasteiger partial charge in [-0.2, -0.15) is 0 Å². The van der Waals surface area contributed by atoms with Gasteiger partial charge in [0.15, 0.2) is 6.10 Å². The highest BCUT2D eigenvalue weighted by Gasteiger charge is 2.43. The van der Waals surface area contributed by atoms with Crippen molar-refractivity contribution < 1.29 is 28.5 Å². The van der Waals surface area contributed by atoms with Crippen LogP contribution in [0.2, 0.25) is 0 Å². The lowest BCUT2D eigenvalue weighted by atomic mass is 10.00. The molecular formula is C21H23FN2O5. The summed E-state index contributed by atoms with van der Waals surface area (Å²) in [5.74, 6) is 0.255. The third-order valence-electron chi connectivity index (χ3n) is 5.28. The summed E-state index contributed by atoms with van der Waals surface area (Å²) in [6, 6.07) is 11.3. The van der Waals surface area contributed by atoms with Gasteiger partial charge in [0.1, 0.15) is 17.6 Å². The van der Waals surface area contributed by atoms with Crippen LogP contribution in [0.3, 0.4) is 0 Å². The molecule has 2 fully saturated rings. The molecule has 1 N–H and O–H groups in total. The first-order valence-corrected chi connectivity index (χ1v) is 9.49. The normalized spacial score (nSPS) is 22.0. The molecular weight excluding hydrogens is 379 g/mol. The molecule has 2 aliphatic heterocycles. The number of amides is 1. The zero-order chi connectivity index (χ0) is 20.4. The van der Waals surface area contributed by atoms with Gasteiger partial charge in [0.25, 0.3) is 0 Å². The predicted molar refractivity (Wildman–Crippen MR) is 105 cm³/mol. The van der Waals surface area contributed by atoms with Gasteiger partial charge in [0, 0.05) is 13.1 Å². The van der Waals surface area contributed by atoms with E-state index in [0.717, 1.165) is 5.56 Å². The quantitative estimate of drug-likeness (QED) is 0.829. The minimum atomic E-state index is -0.752. The number of carbonyl (C=O) groups is 1. The van der Waals surface area contributed by atoms with Crippen LogP contribution in [0.5, 0.6) is 5.75 Å². The van der Waals surface area contributed by atoms with E-state index in [4.69, 9.17) is 14.2 Å². The van der Waals surface area contributed by atoms with Crippen LogP contribution in [0.25, 0.3) is 0 Å². The maximum atomic E-state index is 14.9. The second kappa shape index (κ2) is 8.26. The number of benzene rings is 2. The Bertz CT molecular complexity index is 870. The van der Waals surface area contributed by atoms with E-state index in [2.05, 4.69) is 0 Å². The van der Waals surface area contributed by atoms with E-state index in [1.807, 2.05) is 4.90 Å². The highest BCUT2D eigenvalue weighted by atomic mass is 19.1. The van der Waals surface area contributed by atoms with Crippen LogP contribution in [0.1, 0.15) is 11.6 Å². The number of carbonyl (C=O) groups excluding carboxylic acids is 1. The van der Waals surface area contributed by atoms with Crippen molar-refractivity contribution in [3.05, 3.63) is 53.8 Å². The van der Waals surface area contributed by atoms with Crippen molar-refractivity contribution in [2.75, 3.05) is 49.8 Å². The summed E-state index contributed by atoms with van der Waals surface area (Å²) < 4.78 is 30.7. The molecule has 154 valence electrons. The lowest BCUT2D eigenvalue weighted by Crippen LogP contribution is -2.37. The van der Waals surface area contributed by atoms with Crippen molar-refractivity contribution in [1.82, 2.24) is 0 Å². The molecule has 29 heavy (non-hydrogen) atoms. The van der Waals surface area contributed by atoms with Gasteiger partial charge < -0.3 is 24.2 Å². The van der Waals surface area contributed by atoms with Crippen molar-refractivity contribution in [3.8, 4) is 5.75 Å². The Labute approximate surface area is 168 Å². The molecule has 0 bridgehead atoms. The van der Waals surface area contributed by atoms with E-state index in [-0.39, 0.29) is 6.61 Å². The topological polar surface area (TPSA) is 71.5 Å². The Morgan fingerprint density at radius 1 is 1.17 bits per heavy atom. The SMILES string of the molecule is COc1ccc([C@@H]2[C@@H](CO)OC(=O)N2c2ccc(N3CCOCC3)c(F)c2)cc1. The zero-order valence-corrected chi connectivity index (χ0v) is 16.1. The number of morpholine rings is 1. The summed E-state index contributed by atoms with van der Waals surface area (Å²) in [5, 5.41) is 9.73. The summed E-state index contributed by atoms with van der Waals surface area (Å²) in [7, 11) is 1.57. The smallest absolute Gasteiger partial charge is 0.415 e. The monoisotopic (exact) mass is 402 g/mol. The van der Waals surface area contributed by atoms with Crippen LogP contribution < -0.4 is 14.5 Å². The number of hydrogen-bond donors (Lipinski definition) is 1. The standard InChI is InChI=1S/C21H23FN2O5/c1-27-16-5-2-14(3-6-16)20-19(13-25)29-21(26)24(20)15-4-7-18(17(22)12-15)23-8-10-28-11-9-23/h2-7,12,19-20,25H,8-11,13H2,1H3/t19-,20-/m1/s1. The second-order valence-corrected chi connectivity index (χ2v) is 6.93. The van der Waals surface area contributed by atoms with Gasteiger partial charge in [-0.3, -0.25) is 4.90 Å². The molecule has 0 aliphatic carbocycles. The number of cyclic esters (lactones) is 1. The van der Waals surface area contributed by atoms with E-state index in [1.54, 1.807) is 43.5 Å².